The molecule has 2 nitrogen and oxygen atoms in total. The Labute approximate surface area is 112 Å². The van der Waals surface area contributed by atoms with E-state index in [1.807, 2.05) is 36.4 Å². The highest BCUT2D eigenvalue weighted by Gasteiger charge is 2.19. The lowest BCUT2D eigenvalue weighted by Crippen LogP contribution is -2.15. The maximum Gasteiger partial charge on any atom is 0.133 e. The van der Waals surface area contributed by atoms with Gasteiger partial charge in [-0.25, -0.2) is 9.97 Å². The lowest BCUT2D eigenvalue weighted by Gasteiger charge is -2.24. The van der Waals surface area contributed by atoms with Crippen LogP contribution in [0.2, 0.25) is 5.15 Å². The second-order valence-corrected chi connectivity index (χ2v) is 5.25. The predicted molar refractivity (Wildman–Crippen MR) is 73.5 cm³/mol. The Balaban J connectivity index is 1.90. The van der Waals surface area contributed by atoms with Gasteiger partial charge in [0.1, 0.15) is 11.0 Å². The SMILES string of the molecule is Clc1cc(-c2ccccc2)nc(CC2CCC2)n1. The first-order valence-corrected chi connectivity index (χ1v) is 6.78. The molecule has 18 heavy (non-hydrogen) atoms. The highest BCUT2D eigenvalue weighted by molar-refractivity contribution is 6.29. The van der Waals surface area contributed by atoms with Crippen LogP contribution in [0.1, 0.15) is 25.1 Å². The summed E-state index contributed by atoms with van der Waals surface area (Å²) in [6, 6.07) is 12.0. The molecule has 3 rings (SSSR count). The average molecular weight is 259 g/mol. The summed E-state index contributed by atoms with van der Waals surface area (Å²) in [7, 11) is 0. The van der Waals surface area contributed by atoms with Crippen molar-refractivity contribution in [3.8, 4) is 11.3 Å². The van der Waals surface area contributed by atoms with Crippen LogP contribution < -0.4 is 0 Å². The second-order valence-electron chi connectivity index (χ2n) is 4.86. The Morgan fingerprint density at radius 1 is 1.11 bits per heavy atom. The van der Waals surface area contributed by atoms with Crippen molar-refractivity contribution in [2.75, 3.05) is 0 Å². The van der Waals surface area contributed by atoms with Crippen LogP contribution in [-0.4, -0.2) is 9.97 Å². The van der Waals surface area contributed by atoms with Gasteiger partial charge in [-0.05, 0) is 5.92 Å². The van der Waals surface area contributed by atoms with Crippen LogP contribution in [0.5, 0.6) is 0 Å². The zero-order valence-corrected chi connectivity index (χ0v) is 10.9. The molecule has 3 heteroatoms. The number of benzene rings is 1. The summed E-state index contributed by atoms with van der Waals surface area (Å²) in [6.07, 6.45) is 4.91. The molecule has 0 amide bonds. The molecule has 0 spiro atoms. The lowest BCUT2D eigenvalue weighted by molar-refractivity contribution is 0.309. The van der Waals surface area contributed by atoms with Crippen molar-refractivity contribution >= 4 is 11.6 Å². The van der Waals surface area contributed by atoms with Gasteiger partial charge in [0, 0.05) is 18.1 Å². The fraction of sp³-hybridized carbons (Fsp3) is 0.333. The first kappa shape index (κ1) is 11.7. The standard InChI is InChI=1S/C15H15ClN2/c16-14-10-13(12-7-2-1-3-8-12)17-15(18-14)9-11-5-4-6-11/h1-3,7-8,10-11H,4-6,9H2. The number of nitrogens with zero attached hydrogens (tertiary/aromatic N) is 2. The van der Waals surface area contributed by atoms with Gasteiger partial charge in [-0.2, -0.15) is 0 Å². The van der Waals surface area contributed by atoms with Gasteiger partial charge >= 0.3 is 0 Å². The number of aromatic nitrogens is 2. The third-order valence-electron chi connectivity index (χ3n) is 3.51. The topological polar surface area (TPSA) is 25.8 Å². The molecule has 0 aliphatic heterocycles. The molecule has 0 unspecified atom stereocenters. The van der Waals surface area contributed by atoms with Gasteiger partial charge in [-0.15, -0.1) is 0 Å². The minimum Gasteiger partial charge on any atom is -0.233 e. The van der Waals surface area contributed by atoms with E-state index in [0.717, 1.165) is 29.4 Å². The highest BCUT2D eigenvalue weighted by Crippen LogP contribution is 2.29. The van der Waals surface area contributed by atoms with Crippen molar-refractivity contribution < 1.29 is 0 Å². The van der Waals surface area contributed by atoms with Crippen molar-refractivity contribution in [3.63, 3.8) is 0 Å². The van der Waals surface area contributed by atoms with Crippen LogP contribution in [0.3, 0.4) is 0 Å². The fourth-order valence-electron chi connectivity index (χ4n) is 2.27. The van der Waals surface area contributed by atoms with Crippen molar-refractivity contribution in [1.29, 1.82) is 0 Å². The molecule has 1 heterocycles. The maximum atomic E-state index is 6.09. The van der Waals surface area contributed by atoms with Gasteiger partial charge in [0.2, 0.25) is 0 Å². The molecule has 92 valence electrons. The minimum absolute atomic E-state index is 0.540. The summed E-state index contributed by atoms with van der Waals surface area (Å²) < 4.78 is 0. The fourth-order valence-corrected chi connectivity index (χ4v) is 2.47. The molecule has 1 saturated carbocycles. The summed E-state index contributed by atoms with van der Waals surface area (Å²) >= 11 is 6.09. The van der Waals surface area contributed by atoms with Crippen molar-refractivity contribution in [3.05, 3.63) is 47.4 Å². The van der Waals surface area contributed by atoms with Gasteiger partial charge in [-0.1, -0.05) is 61.2 Å². The van der Waals surface area contributed by atoms with E-state index in [-0.39, 0.29) is 0 Å². The number of hydrogen-bond acceptors (Lipinski definition) is 2. The highest BCUT2D eigenvalue weighted by atomic mass is 35.5. The smallest absolute Gasteiger partial charge is 0.133 e. The molecule has 1 fully saturated rings. The van der Waals surface area contributed by atoms with E-state index in [1.165, 1.54) is 19.3 Å². The molecule has 0 radical (unpaired) electrons. The first-order valence-electron chi connectivity index (χ1n) is 6.40. The first-order chi connectivity index (χ1) is 8.81. The largest absolute Gasteiger partial charge is 0.233 e. The minimum atomic E-state index is 0.540. The molecule has 1 aromatic carbocycles. The Hall–Kier alpha value is -1.41. The van der Waals surface area contributed by atoms with E-state index in [4.69, 9.17) is 11.6 Å². The molecule has 1 aromatic heterocycles. The molecular weight excluding hydrogens is 244 g/mol. The summed E-state index contributed by atoms with van der Waals surface area (Å²) in [5, 5.41) is 0.540. The maximum absolute atomic E-state index is 6.09. The normalized spacial score (nSPS) is 15.4. The summed E-state index contributed by atoms with van der Waals surface area (Å²) in [6.45, 7) is 0. The van der Waals surface area contributed by atoms with Crippen LogP contribution >= 0.6 is 11.6 Å². The predicted octanol–water partition coefficient (Wildman–Crippen LogP) is 4.14. The van der Waals surface area contributed by atoms with E-state index in [9.17, 15) is 0 Å². The van der Waals surface area contributed by atoms with E-state index < -0.39 is 0 Å². The van der Waals surface area contributed by atoms with Crippen molar-refractivity contribution in [1.82, 2.24) is 9.97 Å². The molecular formula is C15H15ClN2. The van der Waals surface area contributed by atoms with Gasteiger partial charge in [0.25, 0.3) is 0 Å². The van der Waals surface area contributed by atoms with Crippen LogP contribution in [0.25, 0.3) is 11.3 Å². The Morgan fingerprint density at radius 2 is 1.89 bits per heavy atom. The number of rotatable bonds is 3. The molecule has 0 saturated heterocycles. The molecule has 1 aliphatic rings. The van der Waals surface area contributed by atoms with Gasteiger partial charge < -0.3 is 0 Å². The van der Waals surface area contributed by atoms with Gasteiger partial charge in [-0.3, -0.25) is 0 Å². The molecule has 0 bridgehead atoms. The third kappa shape index (κ3) is 2.54. The van der Waals surface area contributed by atoms with Crippen LogP contribution in [-0.2, 0) is 6.42 Å². The lowest BCUT2D eigenvalue weighted by atomic mass is 9.83. The third-order valence-corrected chi connectivity index (χ3v) is 3.70. The quantitative estimate of drug-likeness (QED) is 0.774. The zero-order valence-electron chi connectivity index (χ0n) is 10.1. The van der Waals surface area contributed by atoms with Crippen molar-refractivity contribution in [2.45, 2.75) is 25.7 Å². The number of hydrogen-bond donors (Lipinski definition) is 0. The van der Waals surface area contributed by atoms with E-state index in [1.54, 1.807) is 0 Å². The Kier molecular flexibility index (Phi) is 3.28. The monoisotopic (exact) mass is 258 g/mol. The summed E-state index contributed by atoms with van der Waals surface area (Å²) in [5.74, 6) is 1.64. The van der Waals surface area contributed by atoms with E-state index in [0.29, 0.717) is 5.15 Å². The average Bonchev–Trinajstić information content (AvgIpc) is 2.34. The summed E-state index contributed by atoms with van der Waals surface area (Å²) in [5.41, 5.74) is 2.02. The van der Waals surface area contributed by atoms with Gasteiger partial charge in [0.05, 0.1) is 5.69 Å². The van der Waals surface area contributed by atoms with Crippen LogP contribution in [0.15, 0.2) is 36.4 Å². The Bertz CT molecular complexity index is 535. The number of halogens is 1. The molecule has 0 atom stereocenters. The summed E-state index contributed by atoms with van der Waals surface area (Å²) in [4.78, 5) is 8.97. The van der Waals surface area contributed by atoms with Crippen LogP contribution in [0.4, 0.5) is 0 Å². The Morgan fingerprint density at radius 3 is 2.56 bits per heavy atom. The van der Waals surface area contributed by atoms with E-state index >= 15 is 0 Å². The van der Waals surface area contributed by atoms with E-state index in [2.05, 4.69) is 9.97 Å². The van der Waals surface area contributed by atoms with Gasteiger partial charge in [0.15, 0.2) is 0 Å². The molecule has 1 aliphatic carbocycles. The second kappa shape index (κ2) is 5.07. The zero-order chi connectivity index (χ0) is 12.4. The molecule has 2 aromatic rings. The van der Waals surface area contributed by atoms with Crippen molar-refractivity contribution in [2.24, 2.45) is 5.92 Å². The molecule has 0 N–H and O–H groups in total. The van der Waals surface area contributed by atoms with Crippen LogP contribution in [0, 0.1) is 5.92 Å².